The number of terminal acetylenes is 1. The molecule has 0 aliphatic heterocycles. The largest absolute Gasteiger partial charge is 0.391 e. The van der Waals surface area contributed by atoms with E-state index in [2.05, 4.69) is 10.9 Å². The highest BCUT2D eigenvalue weighted by Crippen LogP contribution is 2.17. The molecular weight excluding hydrogens is 169 g/mol. The van der Waals surface area contributed by atoms with Gasteiger partial charge in [-0.25, -0.2) is 4.98 Å². The number of halogens is 1. The van der Waals surface area contributed by atoms with Gasteiger partial charge in [-0.15, -0.1) is 6.42 Å². The summed E-state index contributed by atoms with van der Waals surface area (Å²) in [5.41, 5.74) is 1.81. The third-order valence-electron chi connectivity index (χ3n) is 2.01. The van der Waals surface area contributed by atoms with E-state index in [9.17, 15) is 4.39 Å². The highest BCUT2D eigenvalue weighted by molar-refractivity contribution is 5.45. The zero-order valence-electron chi connectivity index (χ0n) is 7.56. The molecule has 0 saturated heterocycles. The molecule has 0 spiro atoms. The van der Waals surface area contributed by atoms with Crippen LogP contribution in [0.1, 0.15) is 22.4 Å². The average molecular weight is 179 g/mol. The Morgan fingerprint density at radius 3 is 2.62 bits per heavy atom. The maximum atomic E-state index is 13.1. The first kappa shape index (κ1) is 9.69. The summed E-state index contributed by atoms with van der Waals surface area (Å²) >= 11 is 0. The van der Waals surface area contributed by atoms with E-state index in [1.54, 1.807) is 13.8 Å². The molecule has 1 heterocycles. The lowest BCUT2D eigenvalue weighted by Crippen LogP contribution is -2.03. The van der Waals surface area contributed by atoms with Crippen molar-refractivity contribution in [2.75, 3.05) is 0 Å². The standard InChI is InChI=1S/C10H10FNO/c1-4-8-6(2)9(5-13)10(11)12-7(8)3/h1,13H,5H2,2-3H3. The van der Waals surface area contributed by atoms with Crippen LogP contribution in [0.25, 0.3) is 0 Å². The van der Waals surface area contributed by atoms with Crippen LogP contribution in [0.4, 0.5) is 4.39 Å². The quantitative estimate of drug-likeness (QED) is 0.521. The fraction of sp³-hybridized carbons (Fsp3) is 0.300. The molecule has 0 bridgehead atoms. The van der Waals surface area contributed by atoms with Gasteiger partial charge in [0.15, 0.2) is 0 Å². The summed E-state index contributed by atoms with van der Waals surface area (Å²) < 4.78 is 13.1. The third kappa shape index (κ3) is 1.53. The Balaban J connectivity index is 3.51. The molecule has 3 heteroatoms. The van der Waals surface area contributed by atoms with Gasteiger partial charge in [-0.3, -0.25) is 0 Å². The van der Waals surface area contributed by atoms with Crippen molar-refractivity contribution >= 4 is 0 Å². The summed E-state index contributed by atoms with van der Waals surface area (Å²) in [5, 5.41) is 8.86. The Hall–Kier alpha value is -1.40. The molecule has 0 aliphatic rings. The molecular formula is C10H10FNO. The molecule has 1 N–H and O–H groups in total. The smallest absolute Gasteiger partial charge is 0.218 e. The average Bonchev–Trinajstić information content (AvgIpc) is 2.04. The van der Waals surface area contributed by atoms with E-state index in [0.717, 1.165) is 0 Å². The molecule has 1 aromatic heterocycles. The van der Waals surface area contributed by atoms with Crippen molar-refractivity contribution in [2.45, 2.75) is 20.5 Å². The zero-order chi connectivity index (χ0) is 10.0. The van der Waals surface area contributed by atoms with Gasteiger partial charge in [0.25, 0.3) is 0 Å². The highest BCUT2D eigenvalue weighted by atomic mass is 19.1. The lowest BCUT2D eigenvalue weighted by Gasteiger charge is -2.08. The number of aromatic nitrogens is 1. The van der Waals surface area contributed by atoms with E-state index in [1.807, 2.05) is 0 Å². The first-order valence-corrected chi connectivity index (χ1v) is 3.84. The monoisotopic (exact) mass is 179 g/mol. The fourth-order valence-electron chi connectivity index (χ4n) is 1.24. The van der Waals surface area contributed by atoms with Crippen LogP contribution in [-0.2, 0) is 6.61 Å². The van der Waals surface area contributed by atoms with Gasteiger partial charge in [0.05, 0.1) is 12.3 Å². The van der Waals surface area contributed by atoms with Crippen LogP contribution in [0.3, 0.4) is 0 Å². The van der Waals surface area contributed by atoms with E-state index in [0.29, 0.717) is 16.8 Å². The lowest BCUT2D eigenvalue weighted by molar-refractivity contribution is 0.273. The molecule has 2 nitrogen and oxygen atoms in total. The van der Waals surface area contributed by atoms with E-state index in [4.69, 9.17) is 11.5 Å². The molecule has 0 aliphatic carbocycles. The van der Waals surface area contributed by atoms with Crippen molar-refractivity contribution in [3.05, 3.63) is 28.3 Å². The Labute approximate surface area is 76.4 Å². The van der Waals surface area contributed by atoms with Gasteiger partial charge in [-0.1, -0.05) is 5.92 Å². The third-order valence-corrected chi connectivity index (χ3v) is 2.01. The first-order valence-electron chi connectivity index (χ1n) is 3.84. The molecule has 0 aromatic carbocycles. The zero-order valence-corrected chi connectivity index (χ0v) is 7.56. The van der Waals surface area contributed by atoms with Gasteiger partial charge in [0, 0.05) is 11.1 Å². The predicted molar refractivity (Wildman–Crippen MR) is 47.5 cm³/mol. The highest BCUT2D eigenvalue weighted by Gasteiger charge is 2.12. The second-order valence-corrected chi connectivity index (χ2v) is 2.77. The van der Waals surface area contributed by atoms with Crippen LogP contribution in [0.5, 0.6) is 0 Å². The summed E-state index contributed by atoms with van der Waals surface area (Å²) in [6, 6.07) is 0. The van der Waals surface area contributed by atoms with E-state index in [1.165, 1.54) is 0 Å². The Morgan fingerprint density at radius 2 is 2.15 bits per heavy atom. The second kappa shape index (κ2) is 3.55. The molecule has 0 unspecified atom stereocenters. The Kier molecular flexibility index (Phi) is 2.64. The van der Waals surface area contributed by atoms with Gasteiger partial charge in [0.1, 0.15) is 0 Å². The van der Waals surface area contributed by atoms with Crippen molar-refractivity contribution in [1.82, 2.24) is 4.98 Å². The SMILES string of the molecule is C#Cc1c(C)nc(F)c(CO)c1C. The maximum absolute atomic E-state index is 13.1. The number of aryl methyl sites for hydroxylation is 1. The number of hydrogen-bond donors (Lipinski definition) is 1. The number of pyridine rings is 1. The normalized spacial score (nSPS) is 9.77. The van der Waals surface area contributed by atoms with E-state index >= 15 is 0 Å². The number of rotatable bonds is 1. The predicted octanol–water partition coefficient (Wildman–Crippen LogP) is 1.31. The van der Waals surface area contributed by atoms with Crippen molar-refractivity contribution < 1.29 is 9.50 Å². The van der Waals surface area contributed by atoms with E-state index in [-0.39, 0.29) is 12.2 Å². The van der Waals surface area contributed by atoms with Crippen molar-refractivity contribution in [2.24, 2.45) is 0 Å². The van der Waals surface area contributed by atoms with Crippen LogP contribution in [-0.4, -0.2) is 10.1 Å². The summed E-state index contributed by atoms with van der Waals surface area (Å²) in [6.07, 6.45) is 5.23. The van der Waals surface area contributed by atoms with Crippen LogP contribution in [0.15, 0.2) is 0 Å². The van der Waals surface area contributed by atoms with Crippen LogP contribution in [0.2, 0.25) is 0 Å². The topological polar surface area (TPSA) is 33.1 Å². The maximum Gasteiger partial charge on any atom is 0.218 e. The number of nitrogens with zero attached hydrogens (tertiary/aromatic N) is 1. The van der Waals surface area contributed by atoms with Crippen LogP contribution in [0, 0.1) is 32.1 Å². The molecule has 0 amide bonds. The second-order valence-electron chi connectivity index (χ2n) is 2.77. The molecule has 13 heavy (non-hydrogen) atoms. The van der Waals surface area contributed by atoms with Gasteiger partial charge >= 0.3 is 0 Å². The number of hydrogen-bond acceptors (Lipinski definition) is 2. The van der Waals surface area contributed by atoms with Gasteiger partial charge in [-0.2, -0.15) is 4.39 Å². The van der Waals surface area contributed by atoms with Gasteiger partial charge < -0.3 is 5.11 Å². The molecule has 1 aromatic rings. The van der Waals surface area contributed by atoms with Gasteiger partial charge in [0.2, 0.25) is 5.95 Å². The molecule has 0 atom stereocenters. The minimum absolute atomic E-state index is 0.179. The van der Waals surface area contributed by atoms with Gasteiger partial charge in [-0.05, 0) is 19.4 Å². The molecule has 0 saturated carbocycles. The molecule has 68 valence electrons. The molecule has 0 radical (unpaired) electrons. The molecule has 0 fully saturated rings. The molecule has 1 rings (SSSR count). The summed E-state index contributed by atoms with van der Waals surface area (Å²) in [4.78, 5) is 3.61. The lowest BCUT2D eigenvalue weighted by atomic mass is 10.0. The van der Waals surface area contributed by atoms with Crippen molar-refractivity contribution in [3.8, 4) is 12.3 Å². The summed E-state index contributed by atoms with van der Waals surface area (Å²) in [7, 11) is 0. The van der Waals surface area contributed by atoms with Crippen molar-refractivity contribution in [1.29, 1.82) is 0 Å². The minimum atomic E-state index is -0.642. The Bertz CT molecular complexity index is 379. The van der Waals surface area contributed by atoms with Crippen LogP contribution < -0.4 is 0 Å². The minimum Gasteiger partial charge on any atom is -0.391 e. The number of aliphatic hydroxyl groups is 1. The van der Waals surface area contributed by atoms with E-state index < -0.39 is 5.95 Å². The summed E-state index contributed by atoms with van der Waals surface area (Å²) in [6.45, 7) is 2.95. The first-order chi connectivity index (χ1) is 6.11. The fourth-order valence-corrected chi connectivity index (χ4v) is 1.24. The number of aliphatic hydroxyl groups excluding tert-OH is 1. The Morgan fingerprint density at radius 1 is 1.54 bits per heavy atom. The van der Waals surface area contributed by atoms with Crippen molar-refractivity contribution in [3.63, 3.8) is 0 Å². The summed E-state index contributed by atoms with van der Waals surface area (Å²) in [5.74, 6) is 1.78. The van der Waals surface area contributed by atoms with Crippen LogP contribution >= 0.6 is 0 Å².